The zero-order chi connectivity index (χ0) is 15.3. The van der Waals surface area contributed by atoms with Gasteiger partial charge in [0.1, 0.15) is 12.2 Å². The third-order valence-corrected chi connectivity index (χ3v) is 2.34. The second-order valence-corrected chi connectivity index (χ2v) is 3.89. The predicted molar refractivity (Wildman–Crippen MR) is 60.8 cm³/mol. The number of alkyl halides is 3. The van der Waals surface area contributed by atoms with Crippen molar-refractivity contribution in [3.63, 3.8) is 0 Å². The Morgan fingerprint density at radius 1 is 1.50 bits per heavy atom. The summed E-state index contributed by atoms with van der Waals surface area (Å²) < 4.78 is 41.8. The number of nitrogens with one attached hydrogen (secondary N) is 1. The van der Waals surface area contributed by atoms with Gasteiger partial charge in [0.25, 0.3) is 5.91 Å². The molecule has 0 saturated heterocycles. The number of carbonyl (C=O) groups excluding carboxylic acids is 2. The molecule has 0 spiro atoms. The maximum atomic E-state index is 12.3. The highest BCUT2D eigenvalue weighted by atomic mass is 19.4. The number of aliphatic hydroxyl groups is 1. The van der Waals surface area contributed by atoms with Crippen molar-refractivity contribution in [2.75, 3.05) is 13.7 Å². The number of ether oxygens (including phenoxy) is 1. The van der Waals surface area contributed by atoms with E-state index in [0.29, 0.717) is 0 Å². The van der Waals surface area contributed by atoms with Crippen LogP contribution < -0.4 is 5.32 Å². The average molecular weight is 294 g/mol. The minimum Gasteiger partial charge on any atom is -0.467 e. The predicted octanol–water partition coefficient (Wildman–Crippen LogP) is 0.314. The van der Waals surface area contributed by atoms with Gasteiger partial charge < -0.3 is 19.7 Å². The van der Waals surface area contributed by atoms with Gasteiger partial charge in [-0.25, -0.2) is 4.79 Å². The molecule has 1 amide bonds. The molecule has 1 aromatic rings. The first-order valence-electron chi connectivity index (χ1n) is 5.50. The molecule has 0 aliphatic carbocycles. The molecule has 6 nitrogen and oxygen atoms in total. The van der Waals surface area contributed by atoms with Crippen molar-refractivity contribution in [1.82, 2.24) is 9.88 Å². The van der Waals surface area contributed by atoms with Crippen LogP contribution in [0, 0.1) is 0 Å². The molecule has 0 aliphatic heterocycles. The summed E-state index contributed by atoms with van der Waals surface area (Å²) in [5.74, 6) is -1.78. The number of carbonyl (C=O) groups is 2. The highest BCUT2D eigenvalue weighted by Gasteiger charge is 2.29. The van der Waals surface area contributed by atoms with Crippen LogP contribution in [0.25, 0.3) is 0 Å². The van der Waals surface area contributed by atoms with Crippen molar-refractivity contribution >= 4 is 11.9 Å². The molecule has 1 unspecified atom stereocenters. The Hall–Kier alpha value is -2.03. The second kappa shape index (κ2) is 6.42. The third kappa shape index (κ3) is 4.57. The normalized spacial score (nSPS) is 12.8. The summed E-state index contributed by atoms with van der Waals surface area (Å²) in [6.45, 7) is -1.76. The number of rotatable bonds is 5. The Morgan fingerprint density at radius 2 is 2.15 bits per heavy atom. The fourth-order valence-corrected chi connectivity index (χ4v) is 1.45. The van der Waals surface area contributed by atoms with Crippen LogP contribution in [0.5, 0.6) is 0 Å². The molecule has 9 heteroatoms. The van der Waals surface area contributed by atoms with Gasteiger partial charge in [0.2, 0.25) is 0 Å². The zero-order valence-electron chi connectivity index (χ0n) is 10.5. The molecule has 0 radical (unpaired) electrons. The number of halogens is 3. The molecular formula is C11H13F3N2O4. The molecule has 0 aromatic carbocycles. The molecule has 2 N–H and O–H groups in total. The minimum absolute atomic E-state index is 0.223. The lowest BCUT2D eigenvalue weighted by Gasteiger charge is -2.13. The number of amides is 1. The van der Waals surface area contributed by atoms with Crippen LogP contribution in [0.3, 0.4) is 0 Å². The molecule has 0 fully saturated rings. The monoisotopic (exact) mass is 294 g/mol. The highest BCUT2D eigenvalue weighted by Crippen LogP contribution is 2.18. The van der Waals surface area contributed by atoms with Crippen molar-refractivity contribution < 1.29 is 32.6 Å². The first kappa shape index (κ1) is 16.0. The summed E-state index contributed by atoms with van der Waals surface area (Å²) >= 11 is 0. The van der Waals surface area contributed by atoms with Crippen LogP contribution in [0.1, 0.15) is 10.5 Å². The molecule has 1 heterocycles. The van der Waals surface area contributed by atoms with E-state index in [-0.39, 0.29) is 5.69 Å². The number of methoxy groups -OCH3 is 1. The third-order valence-electron chi connectivity index (χ3n) is 2.34. The number of hydrogen-bond acceptors (Lipinski definition) is 4. The summed E-state index contributed by atoms with van der Waals surface area (Å²) in [5, 5.41) is 11.4. The molecule has 0 aliphatic rings. The van der Waals surface area contributed by atoms with Gasteiger partial charge in [-0.1, -0.05) is 0 Å². The maximum Gasteiger partial charge on any atom is 0.406 e. The van der Waals surface area contributed by atoms with Gasteiger partial charge in [-0.3, -0.25) is 4.79 Å². The molecule has 1 rings (SSSR count). The van der Waals surface area contributed by atoms with Gasteiger partial charge in [-0.15, -0.1) is 0 Å². The number of aliphatic hydroxyl groups excluding tert-OH is 1. The molecule has 20 heavy (non-hydrogen) atoms. The molecule has 1 aromatic heterocycles. The number of aromatic nitrogens is 1. The van der Waals surface area contributed by atoms with E-state index in [4.69, 9.17) is 0 Å². The minimum atomic E-state index is -4.46. The van der Waals surface area contributed by atoms with Crippen molar-refractivity contribution in [3.8, 4) is 0 Å². The molecule has 0 saturated carbocycles. The summed E-state index contributed by atoms with van der Waals surface area (Å²) in [4.78, 5) is 22.6. The van der Waals surface area contributed by atoms with Crippen molar-refractivity contribution in [1.29, 1.82) is 0 Å². The second-order valence-electron chi connectivity index (χ2n) is 3.89. The number of esters is 1. The van der Waals surface area contributed by atoms with Crippen LogP contribution in [0.2, 0.25) is 0 Å². The van der Waals surface area contributed by atoms with Crippen molar-refractivity contribution in [2.45, 2.75) is 18.8 Å². The fourth-order valence-electron chi connectivity index (χ4n) is 1.45. The summed E-state index contributed by atoms with van der Waals surface area (Å²) in [5.41, 5.74) is -0.223. The topological polar surface area (TPSA) is 80.6 Å². The average Bonchev–Trinajstić information content (AvgIpc) is 2.80. The smallest absolute Gasteiger partial charge is 0.406 e. The van der Waals surface area contributed by atoms with E-state index in [1.165, 1.54) is 12.1 Å². The fraction of sp³-hybridized carbons (Fsp3) is 0.455. The summed E-state index contributed by atoms with van der Waals surface area (Å²) in [6.07, 6.45) is -4.92. The first-order valence-corrected chi connectivity index (χ1v) is 5.50. The van der Waals surface area contributed by atoms with Crippen LogP contribution in [-0.2, 0) is 16.1 Å². The zero-order valence-corrected chi connectivity index (χ0v) is 10.5. The molecule has 0 bridgehead atoms. The molecular weight excluding hydrogens is 281 g/mol. The van der Waals surface area contributed by atoms with Crippen LogP contribution in [0.4, 0.5) is 13.2 Å². The standard InChI is InChI=1S/C11H13F3N2O4/c1-20-10(19)8(17)5-15-9(18)7-3-2-4-16(7)6-11(12,13)14/h2-4,8,17H,5-6H2,1H3,(H,15,18). The van der Waals surface area contributed by atoms with E-state index in [1.54, 1.807) is 0 Å². The van der Waals surface area contributed by atoms with Crippen LogP contribution >= 0.6 is 0 Å². The van der Waals surface area contributed by atoms with E-state index in [2.05, 4.69) is 10.1 Å². The Bertz CT molecular complexity index is 484. The number of hydrogen-bond donors (Lipinski definition) is 2. The van der Waals surface area contributed by atoms with E-state index >= 15 is 0 Å². The molecule has 1 atom stereocenters. The largest absolute Gasteiger partial charge is 0.467 e. The van der Waals surface area contributed by atoms with Gasteiger partial charge in [0.05, 0.1) is 13.7 Å². The highest BCUT2D eigenvalue weighted by molar-refractivity contribution is 5.93. The van der Waals surface area contributed by atoms with E-state index in [0.717, 1.165) is 17.9 Å². The van der Waals surface area contributed by atoms with Gasteiger partial charge in [0.15, 0.2) is 6.10 Å². The SMILES string of the molecule is COC(=O)C(O)CNC(=O)c1cccn1CC(F)(F)F. The maximum absolute atomic E-state index is 12.3. The van der Waals surface area contributed by atoms with Gasteiger partial charge in [0, 0.05) is 6.20 Å². The Labute approximate surface area is 112 Å². The van der Waals surface area contributed by atoms with E-state index in [1.807, 2.05) is 0 Å². The summed E-state index contributed by atoms with van der Waals surface area (Å²) in [7, 11) is 1.06. The lowest BCUT2D eigenvalue weighted by Crippen LogP contribution is -2.38. The lowest BCUT2D eigenvalue weighted by atomic mass is 10.3. The Kier molecular flexibility index (Phi) is 5.14. The van der Waals surface area contributed by atoms with E-state index < -0.39 is 37.2 Å². The molecule has 112 valence electrons. The summed E-state index contributed by atoms with van der Waals surface area (Å²) in [6, 6.07) is 2.49. The lowest BCUT2D eigenvalue weighted by molar-refractivity contribution is -0.149. The number of nitrogens with zero attached hydrogens (tertiary/aromatic N) is 1. The Morgan fingerprint density at radius 3 is 2.70 bits per heavy atom. The van der Waals surface area contributed by atoms with E-state index in [9.17, 15) is 27.9 Å². The van der Waals surface area contributed by atoms with Gasteiger partial charge >= 0.3 is 12.1 Å². The van der Waals surface area contributed by atoms with Crippen LogP contribution in [0.15, 0.2) is 18.3 Å². The van der Waals surface area contributed by atoms with Crippen LogP contribution in [-0.4, -0.2) is 47.5 Å². The van der Waals surface area contributed by atoms with Crippen molar-refractivity contribution in [2.24, 2.45) is 0 Å². The van der Waals surface area contributed by atoms with Gasteiger partial charge in [-0.05, 0) is 12.1 Å². The van der Waals surface area contributed by atoms with Crippen molar-refractivity contribution in [3.05, 3.63) is 24.0 Å². The Balaban J connectivity index is 2.65. The van der Waals surface area contributed by atoms with Gasteiger partial charge in [-0.2, -0.15) is 13.2 Å². The first-order chi connectivity index (χ1) is 9.24. The quantitative estimate of drug-likeness (QED) is 0.766.